The molecule has 0 aliphatic heterocycles. The van der Waals surface area contributed by atoms with Crippen LogP contribution in [0.1, 0.15) is 15.9 Å². The molecule has 0 spiro atoms. The number of hydrogen-bond donors (Lipinski definition) is 0. The van der Waals surface area contributed by atoms with E-state index in [9.17, 15) is 22.4 Å². The third-order valence-electron chi connectivity index (χ3n) is 2.02. The zero-order chi connectivity index (χ0) is 14.6. The Hall–Kier alpha value is -1.57. The highest BCUT2D eigenvalue weighted by molar-refractivity contribution is 9.11. The molecule has 8 heteroatoms. The number of carbonyl (C=O) groups is 1. The Labute approximate surface area is 113 Å². The summed E-state index contributed by atoms with van der Waals surface area (Å²) in [5, 5.41) is 0. The molecule has 0 unspecified atom stereocenters. The molecule has 1 rings (SSSR count). The van der Waals surface area contributed by atoms with Crippen LogP contribution in [-0.4, -0.2) is 19.7 Å². The average molecular weight is 343 g/mol. The maximum Gasteiger partial charge on any atom is 0.387 e. The summed E-state index contributed by atoms with van der Waals surface area (Å²) in [6, 6.07) is 1.47. The summed E-state index contributed by atoms with van der Waals surface area (Å²) in [6.45, 7) is -3.33. The van der Waals surface area contributed by atoms with Crippen molar-refractivity contribution in [2.75, 3.05) is 7.11 Å². The first kappa shape index (κ1) is 15.5. The predicted molar refractivity (Wildman–Crippen MR) is 62.4 cm³/mol. The zero-order valence-corrected chi connectivity index (χ0v) is 11.0. The SMILES string of the molecule is COC(=O)c1cc(F)c(OC(F)F)c(/C(F)=C/Br)c1. The summed E-state index contributed by atoms with van der Waals surface area (Å²) in [5.74, 6) is -4.31. The van der Waals surface area contributed by atoms with Gasteiger partial charge in [0.1, 0.15) is 5.83 Å². The van der Waals surface area contributed by atoms with E-state index in [0.29, 0.717) is 6.07 Å². The van der Waals surface area contributed by atoms with E-state index in [1.165, 1.54) is 0 Å². The van der Waals surface area contributed by atoms with Crippen LogP contribution >= 0.6 is 15.9 Å². The molecule has 0 heterocycles. The van der Waals surface area contributed by atoms with Crippen LogP contribution < -0.4 is 4.74 Å². The normalized spacial score (nSPS) is 11.6. The predicted octanol–water partition coefficient (Wildman–Crippen LogP) is 3.88. The van der Waals surface area contributed by atoms with E-state index in [1.807, 2.05) is 0 Å². The quantitative estimate of drug-likeness (QED) is 0.615. The highest BCUT2D eigenvalue weighted by Crippen LogP contribution is 2.33. The fraction of sp³-hybridized carbons (Fsp3) is 0.182. The molecule has 0 saturated heterocycles. The van der Waals surface area contributed by atoms with Gasteiger partial charge in [0.25, 0.3) is 0 Å². The molecule has 0 aromatic heterocycles. The van der Waals surface area contributed by atoms with Gasteiger partial charge >= 0.3 is 12.6 Å². The van der Waals surface area contributed by atoms with Crippen LogP contribution in [-0.2, 0) is 4.74 Å². The average Bonchev–Trinajstić information content (AvgIpc) is 2.38. The van der Waals surface area contributed by atoms with Crippen molar-refractivity contribution < 1.29 is 31.8 Å². The van der Waals surface area contributed by atoms with Crippen LogP contribution in [0.15, 0.2) is 17.1 Å². The van der Waals surface area contributed by atoms with Gasteiger partial charge in [-0.3, -0.25) is 0 Å². The maximum atomic E-state index is 13.6. The lowest BCUT2D eigenvalue weighted by Gasteiger charge is -2.11. The van der Waals surface area contributed by atoms with Gasteiger partial charge in [-0.05, 0) is 12.1 Å². The van der Waals surface area contributed by atoms with E-state index < -0.39 is 35.5 Å². The van der Waals surface area contributed by atoms with Gasteiger partial charge in [-0.2, -0.15) is 8.78 Å². The number of ether oxygens (including phenoxy) is 2. The number of halogens is 5. The lowest BCUT2D eigenvalue weighted by Crippen LogP contribution is -2.09. The molecule has 0 N–H and O–H groups in total. The van der Waals surface area contributed by atoms with Gasteiger partial charge in [-0.25, -0.2) is 13.6 Å². The van der Waals surface area contributed by atoms with E-state index in [2.05, 4.69) is 25.4 Å². The van der Waals surface area contributed by atoms with Crippen LogP contribution in [0.2, 0.25) is 0 Å². The van der Waals surface area contributed by atoms with Gasteiger partial charge in [0.05, 0.1) is 18.2 Å². The second-order valence-electron chi connectivity index (χ2n) is 3.16. The summed E-state index contributed by atoms with van der Waals surface area (Å²) in [5.41, 5.74) is -0.960. The van der Waals surface area contributed by atoms with Crippen LogP contribution in [0.25, 0.3) is 5.83 Å². The van der Waals surface area contributed by atoms with E-state index in [0.717, 1.165) is 18.2 Å². The van der Waals surface area contributed by atoms with Crippen LogP contribution in [0, 0.1) is 5.82 Å². The molecule has 0 bridgehead atoms. The molecule has 1 aromatic rings. The minimum Gasteiger partial charge on any atom is -0.465 e. The molecule has 0 radical (unpaired) electrons. The number of rotatable bonds is 4. The molecule has 3 nitrogen and oxygen atoms in total. The minimum atomic E-state index is -3.33. The second kappa shape index (κ2) is 6.55. The monoisotopic (exact) mass is 342 g/mol. The van der Waals surface area contributed by atoms with Crippen molar-refractivity contribution in [3.8, 4) is 5.75 Å². The Kier molecular flexibility index (Phi) is 5.34. The Balaban J connectivity index is 3.43. The largest absolute Gasteiger partial charge is 0.465 e. The molecular formula is C11H7BrF4O3. The van der Waals surface area contributed by atoms with Crippen LogP contribution in [0.3, 0.4) is 0 Å². The summed E-state index contributed by atoms with van der Waals surface area (Å²) < 4.78 is 59.6. The number of alkyl halides is 2. The van der Waals surface area contributed by atoms with Crippen molar-refractivity contribution in [2.24, 2.45) is 0 Å². The van der Waals surface area contributed by atoms with Gasteiger partial charge < -0.3 is 9.47 Å². The third-order valence-corrected chi connectivity index (χ3v) is 2.43. The van der Waals surface area contributed by atoms with Crippen molar-refractivity contribution >= 4 is 27.7 Å². The highest BCUT2D eigenvalue weighted by Gasteiger charge is 2.21. The lowest BCUT2D eigenvalue weighted by atomic mass is 10.1. The van der Waals surface area contributed by atoms with Gasteiger partial charge in [-0.15, -0.1) is 0 Å². The van der Waals surface area contributed by atoms with Gasteiger partial charge in [0, 0.05) is 4.99 Å². The number of esters is 1. The minimum absolute atomic E-state index is 0.332. The first-order valence-electron chi connectivity index (χ1n) is 4.73. The molecule has 0 aliphatic carbocycles. The molecule has 0 fully saturated rings. The van der Waals surface area contributed by atoms with Crippen LogP contribution in [0.5, 0.6) is 5.75 Å². The first-order chi connectivity index (χ1) is 8.90. The molecule has 0 saturated carbocycles. The Morgan fingerprint density at radius 1 is 1.42 bits per heavy atom. The standard InChI is InChI=1S/C11H7BrF4O3/c1-18-10(17)5-2-6(8(14)4-12)9(7(13)3-5)19-11(15)16/h2-4,11H,1H3/b8-4-. The number of hydrogen-bond acceptors (Lipinski definition) is 3. The van der Waals surface area contributed by atoms with E-state index in [-0.39, 0.29) is 5.56 Å². The number of methoxy groups -OCH3 is 1. The summed E-state index contributed by atoms with van der Waals surface area (Å²) >= 11 is 2.64. The summed E-state index contributed by atoms with van der Waals surface area (Å²) in [7, 11) is 1.04. The topological polar surface area (TPSA) is 35.5 Å². The fourth-order valence-electron chi connectivity index (χ4n) is 1.27. The molecule has 1 aromatic carbocycles. The molecule has 19 heavy (non-hydrogen) atoms. The molecule has 0 atom stereocenters. The van der Waals surface area contributed by atoms with Crippen molar-refractivity contribution in [2.45, 2.75) is 6.61 Å². The van der Waals surface area contributed by atoms with E-state index in [1.54, 1.807) is 0 Å². The number of carbonyl (C=O) groups excluding carboxylic acids is 1. The summed E-state index contributed by atoms with van der Waals surface area (Å²) in [4.78, 5) is 12.0. The van der Waals surface area contributed by atoms with E-state index in [4.69, 9.17) is 0 Å². The Morgan fingerprint density at radius 2 is 2.05 bits per heavy atom. The molecular weight excluding hydrogens is 336 g/mol. The van der Waals surface area contributed by atoms with Crippen molar-refractivity contribution in [3.63, 3.8) is 0 Å². The van der Waals surface area contributed by atoms with Gasteiger partial charge in [0.2, 0.25) is 0 Å². The van der Waals surface area contributed by atoms with Gasteiger partial charge in [-0.1, -0.05) is 15.9 Å². The smallest absolute Gasteiger partial charge is 0.387 e. The third kappa shape index (κ3) is 3.69. The Bertz CT molecular complexity index is 517. The van der Waals surface area contributed by atoms with Crippen molar-refractivity contribution in [1.82, 2.24) is 0 Å². The number of benzene rings is 1. The Morgan fingerprint density at radius 3 is 2.53 bits per heavy atom. The fourth-order valence-corrected chi connectivity index (χ4v) is 1.52. The van der Waals surface area contributed by atoms with Crippen molar-refractivity contribution in [3.05, 3.63) is 34.1 Å². The highest BCUT2D eigenvalue weighted by atomic mass is 79.9. The molecule has 0 amide bonds. The zero-order valence-electron chi connectivity index (χ0n) is 9.42. The first-order valence-corrected chi connectivity index (χ1v) is 5.65. The lowest BCUT2D eigenvalue weighted by molar-refractivity contribution is -0.0524. The van der Waals surface area contributed by atoms with E-state index >= 15 is 0 Å². The molecule has 0 aliphatic rings. The van der Waals surface area contributed by atoms with Crippen molar-refractivity contribution in [1.29, 1.82) is 0 Å². The summed E-state index contributed by atoms with van der Waals surface area (Å²) in [6.07, 6.45) is 0. The van der Waals surface area contributed by atoms with Gasteiger partial charge in [0.15, 0.2) is 11.6 Å². The second-order valence-corrected chi connectivity index (χ2v) is 3.62. The maximum absolute atomic E-state index is 13.6. The van der Waals surface area contributed by atoms with Crippen LogP contribution in [0.4, 0.5) is 17.6 Å². The molecule has 104 valence electrons.